The van der Waals surface area contributed by atoms with E-state index in [1.54, 1.807) is 0 Å². The third-order valence-electron chi connectivity index (χ3n) is 1.99. The van der Waals surface area contributed by atoms with Crippen LogP contribution in [0, 0.1) is 0 Å². The van der Waals surface area contributed by atoms with Crippen LogP contribution in [-0.4, -0.2) is 17.1 Å². The van der Waals surface area contributed by atoms with E-state index in [0.717, 1.165) is 12.1 Å². The topological polar surface area (TPSA) is 114 Å². The molecule has 0 aromatic heterocycles. The van der Waals surface area contributed by atoms with Gasteiger partial charge in [-0.3, -0.25) is 0 Å². The lowest BCUT2D eigenvalue weighted by molar-refractivity contribution is -0.137. The quantitative estimate of drug-likeness (QED) is 0.278. The number of amides is 2. The predicted molar refractivity (Wildman–Crippen MR) is 57.2 cm³/mol. The molecule has 1 aromatic carbocycles. The van der Waals surface area contributed by atoms with Crippen LogP contribution in [0.4, 0.5) is 23.7 Å². The van der Waals surface area contributed by atoms with Crippen LogP contribution in [0.25, 0.3) is 0 Å². The summed E-state index contributed by atoms with van der Waals surface area (Å²) in [5, 5.41) is 13.1. The molecule has 0 saturated carbocycles. The van der Waals surface area contributed by atoms with Crippen LogP contribution in [-0.2, 0) is 6.18 Å². The maximum absolute atomic E-state index is 12.5. The average molecular weight is 262 g/mol. The van der Waals surface area contributed by atoms with Gasteiger partial charge in [0.1, 0.15) is 0 Å². The zero-order valence-corrected chi connectivity index (χ0v) is 8.82. The summed E-state index contributed by atoms with van der Waals surface area (Å²) in [6, 6.07) is 1.35. The van der Waals surface area contributed by atoms with Crippen LogP contribution in [0.15, 0.2) is 23.4 Å². The van der Waals surface area contributed by atoms with Crippen molar-refractivity contribution in [3.63, 3.8) is 0 Å². The molecule has 0 radical (unpaired) electrons. The molecule has 1 aromatic rings. The van der Waals surface area contributed by atoms with Crippen molar-refractivity contribution < 1.29 is 23.2 Å². The monoisotopic (exact) mass is 262 g/mol. The van der Waals surface area contributed by atoms with E-state index in [9.17, 15) is 18.0 Å². The van der Waals surface area contributed by atoms with Crippen LogP contribution < -0.4 is 16.8 Å². The zero-order chi connectivity index (χ0) is 13.9. The van der Waals surface area contributed by atoms with Gasteiger partial charge >= 0.3 is 12.2 Å². The van der Waals surface area contributed by atoms with Crippen molar-refractivity contribution >= 4 is 17.6 Å². The Bertz CT molecular complexity index is 499. The van der Waals surface area contributed by atoms with Crippen molar-refractivity contribution in [3.8, 4) is 0 Å². The first-order chi connectivity index (χ1) is 8.25. The minimum Gasteiger partial charge on any atom is -0.409 e. The highest BCUT2D eigenvalue weighted by Crippen LogP contribution is 2.31. The number of urea groups is 1. The maximum Gasteiger partial charge on any atom is 0.416 e. The fourth-order valence-corrected chi connectivity index (χ4v) is 1.23. The fourth-order valence-electron chi connectivity index (χ4n) is 1.23. The molecule has 0 bridgehead atoms. The Morgan fingerprint density at radius 2 is 1.94 bits per heavy atom. The predicted octanol–water partition coefficient (Wildman–Crippen LogP) is 1.29. The average Bonchev–Trinajstić information content (AvgIpc) is 2.26. The Balaban J connectivity index is 3.34. The number of halogens is 3. The smallest absolute Gasteiger partial charge is 0.409 e. The highest BCUT2D eigenvalue weighted by Gasteiger charge is 2.31. The molecule has 2 amide bonds. The molecule has 1 rings (SSSR count). The molecule has 0 aliphatic carbocycles. The van der Waals surface area contributed by atoms with Crippen LogP contribution in [0.1, 0.15) is 11.1 Å². The number of nitrogens with one attached hydrogen (secondary N) is 1. The highest BCUT2D eigenvalue weighted by molar-refractivity contribution is 6.05. The van der Waals surface area contributed by atoms with Crippen LogP contribution >= 0.6 is 0 Å². The van der Waals surface area contributed by atoms with Crippen LogP contribution in [0.5, 0.6) is 0 Å². The van der Waals surface area contributed by atoms with Crippen molar-refractivity contribution in [2.75, 3.05) is 5.32 Å². The first kappa shape index (κ1) is 13.6. The summed E-state index contributed by atoms with van der Waals surface area (Å²) >= 11 is 0. The van der Waals surface area contributed by atoms with Gasteiger partial charge in [0.2, 0.25) is 0 Å². The number of anilines is 1. The second-order valence-electron chi connectivity index (χ2n) is 3.23. The molecular weight excluding hydrogens is 253 g/mol. The number of hydrogen-bond donors (Lipinski definition) is 4. The summed E-state index contributed by atoms with van der Waals surface area (Å²) in [6.07, 6.45) is -4.59. The van der Waals surface area contributed by atoms with Crippen molar-refractivity contribution in [1.29, 1.82) is 0 Å². The summed E-state index contributed by atoms with van der Waals surface area (Å²) in [5.41, 5.74) is 8.69. The number of oxime groups is 1. The van der Waals surface area contributed by atoms with Gasteiger partial charge in [-0.2, -0.15) is 13.2 Å². The molecule has 6 nitrogen and oxygen atoms in total. The lowest BCUT2D eigenvalue weighted by atomic mass is 10.1. The summed E-state index contributed by atoms with van der Waals surface area (Å²) in [7, 11) is 0. The number of nitrogens with two attached hydrogens (primary N) is 2. The van der Waals surface area contributed by atoms with Gasteiger partial charge in [-0.15, -0.1) is 0 Å². The lowest BCUT2D eigenvalue weighted by Gasteiger charge is -2.12. The molecule has 0 spiro atoms. The number of carbonyl (C=O) groups is 1. The van der Waals surface area contributed by atoms with Gasteiger partial charge in [0.25, 0.3) is 0 Å². The molecule has 0 atom stereocenters. The number of alkyl halides is 3. The van der Waals surface area contributed by atoms with Gasteiger partial charge in [-0.1, -0.05) is 5.16 Å². The second-order valence-corrected chi connectivity index (χ2v) is 3.23. The third kappa shape index (κ3) is 3.03. The SMILES string of the molecule is NC(=O)Nc1ccc(C(F)(F)F)cc1/C(N)=N/O. The largest absolute Gasteiger partial charge is 0.416 e. The first-order valence-corrected chi connectivity index (χ1v) is 4.51. The van der Waals surface area contributed by atoms with E-state index in [1.807, 2.05) is 0 Å². The molecule has 0 aliphatic rings. The van der Waals surface area contributed by atoms with Crippen LogP contribution in [0.2, 0.25) is 0 Å². The summed E-state index contributed by atoms with van der Waals surface area (Å²) < 4.78 is 37.4. The van der Waals surface area contributed by atoms with Crippen molar-refractivity contribution in [2.24, 2.45) is 16.6 Å². The van der Waals surface area contributed by atoms with Crippen molar-refractivity contribution in [1.82, 2.24) is 0 Å². The highest BCUT2D eigenvalue weighted by atomic mass is 19.4. The Kier molecular flexibility index (Phi) is 3.64. The zero-order valence-electron chi connectivity index (χ0n) is 8.82. The molecule has 0 saturated heterocycles. The number of carbonyl (C=O) groups excluding carboxylic acids is 1. The Morgan fingerprint density at radius 1 is 1.33 bits per heavy atom. The lowest BCUT2D eigenvalue weighted by Crippen LogP contribution is -2.23. The standard InChI is InChI=1S/C9H9F3N4O2/c10-9(11,12)4-1-2-6(15-8(14)17)5(3-4)7(13)16-18/h1-3,18H,(H2,13,16)(H3,14,15,17). The number of hydrogen-bond acceptors (Lipinski definition) is 3. The summed E-state index contributed by atoms with van der Waals surface area (Å²) in [5.74, 6) is -0.579. The van der Waals surface area contributed by atoms with Gasteiger partial charge in [0.05, 0.1) is 11.3 Å². The molecule has 9 heteroatoms. The Morgan fingerprint density at radius 3 is 2.39 bits per heavy atom. The van der Waals surface area contributed by atoms with Crippen LogP contribution in [0.3, 0.4) is 0 Å². The minimum atomic E-state index is -4.59. The van der Waals surface area contributed by atoms with E-state index in [0.29, 0.717) is 6.07 Å². The number of benzene rings is 1. The number of primary amides is 1. The number of nitrogens with zero attached hydrogens (tertiary/aromatic N) is 1. The van der Waals surface area contributed by atoms with E-state index >= 15 is 0 Å². The second kappa shape index (κ2) is 4.82. The molecule has 0 aliphatic heterocycles. The molecular formula is C9H9F3N4O2. The van der Waals surface area contributed by atoms with E-state index in [-0.39, 0.29) is 11.3 Å². The van der Waals surface area contributed by atoms with E-state index < -0.39 is 23.6 Å². The van der Waals surface area contributed by atoms with Gasteiger partial charge < -0.3 is 22.0 Å². The summed E-state index contributed by atoms with van der Waals surface area (Å²) in [6.45, 7) is 0. The van der Waals surface area contributed by atoms with Crippen molar-refractivity contribution in [2.45, 2.75) is 6.18 Å². The Hall–Kier alpha value is -2.45. The molecule has 6 N–H and O–H groups in total. The Labute approximate surface area is 99.1 Å². The molecule has 0 unspecified atom stereocenters. The molecule has 18 heavy (non-hydrogen) atoms. The van der Waals surface area contributed by atoms with E-state index in [1.165, 1.54) is 0 Å². The summed E-state index contributed by atoms with van der Waals surface area (Å²) in [4.78, 5) is 10.7. The first-order valence-electron chi connectivity index (χ1n) is 4.51. The van der Waals surface area contributed by atoms with Gasteiger partial charge in [0.15, 0.2) is 5.84 Å². The third-order valence-corrected chi connectivity index (χ3v) is 1.99. The van der Waals surface area contributed by atoms with Gasteiger partial charge in [-0.25, -0.2) is 4.79 Å². The maximum atomic E-state index is 12.5. The van der Waals surface area contributed by atoms with E-state index in [4.69, 9.17) is 16.7 Å². The van der Waals surface area contributed by atoms with Crippen molar-refractivity contribution in [3.05, 3.63) is 29.3 Å². The van der Waals surface area contributed by atoms with E-state index in [2.05, 4.69) is 10.5 Å². The number of amidine groups is 1. The normalized spacial score (nSPS) is 12.3. The number of rotatable bonds is 2. The fraction of sp³-hybridized carbons (Fsp3) is 0.111. The van der Waals surface area contributed by atoms with Gasteiger partial charge in [-0.05, 0) is 18.2 Å². The molecule has 0 heterocycles. The molecule has 0 fully saturated rings. The molecule has 98 valence electrons. The minimum absolute atomic E-state index is 0.0919. The van der Waals surface area contributed by atoms with Gasteiger partial charge in [0, 0.05) is 5.56 Å².